The standard InChI is InChI=1S/C21H20O4/c1-13(2)20(22)24-18-11-10-17(16-8-6-15(5)7-9-16)12-19(18)25-21(23)14(3)4/h6-12H,1,3H2,2,4-5H3. The molecule has 0 atom stereocenters. The lowest BCUT2D eigenvalue weighted by molar-refractivity contribution is -0.132. The van der Waals surface area contributed by atoms with Crippen molar-refractivity contribution >= 4 is 11.9 Å². The zero-order valence-electron chi connectivity index (χ0n) is 14.6. The summed E-state index contributed by atoms with van der Waals surface area (Å²) in [7, 11) is 0. The van der Waals surface area contributed by atoms with Crippen molar-refractivity contribution in [3.8, 4) is 22.6 Å². The first-order valence-electron chi connectivity index (χ1n) is 7.74. The fraction of sp³-hybridized carbons (Fsp3) is 0.143. The highest BCUT2D eigenvalue weighted by atomic mass is 16.6. The van der Waals surface area contributed by atoms with E-state index in [1.807, 2.05) is 31.2 Å². The summed E-state index contributed by atoms with van der Waals surface area (Å²) < 4.78 is 10.6. The Morgan fingerprint density at radius 2 is 1.24 bits per heavy atom. The van der Waals surface area contributed by atoms with E-state index in [2.05, 4.69) is 13.2 Å². The highest BCUT2D eigenvalue weighted by Gasteiger charge is 2.16. The topological polar surface area (TPSA) is 52.6 Å². The molecule has 0 spiro atoms. The molecule has 0 amide bonds. The summed E-state index contributed by atoms with van der Waals surface area (Å²) in [6.45, 7) is 12.2. The zero-order chi connectivity index (χ0) is 18.6. The molecule has 0 aliphatic rings. The number of ether oxygens (including phenoxy) is 2. The van der Waals surface area contributed by atoms with E-state index in [4.69, 9.17) is 9.47 Å². The molecule has 25 heavy (non-hydrogen) atoms. The van der Waals surface area contributed by atoms with Gasteiger partial charge in [-0.25, -0.2) is 9.59 Å². The van der Waals surface area contributed by atoms with Crippen LogP contribution in [-0.4, -0.2) is 11.9 Å². The van der Waals surface area contributed by atoms with Gasteiger partial charge in [-0.1, -0.05) is 49.1 Å². The van der Waals surface area contributed by atoms with E-state index in [1.165, 1.54) is 0 Å². The van der Waals surface area contributed by atoms with Crippen molar-refractivity contribution in [2.45, 2.75) is 20.8 Å². The Kier molecular flexibility index (Phi) is 5.55. The third kappa shape index (κ3) is 4.67. The van der Waals surface area contributed by atoms with Gasteiger partial charge in [0.25, 0.3) is 0 Å². The van der Waals surface area contributed by atoms with E-state index < -0.39 is 11.9 Å². The highest BCUT2D eigenvalue weighted by molar-refractivity contribution is 5.91. The summed E-state index contributed by atoms with van der Waals surface area (Å²) in [5, 5.41) is 0. The van der Waals surface area contributed by atoms with Crippen LogP contribution in [0.25, 0.3) is 11.1 Å². The molecule has 2 rings (SSSR count). The Bertz CT molecular complexity index is 845. The summed E-state index contributed by atoms with van der Waals surface area (Å²) in [4.78, 5) is 23.7. The van der Waals surface area contributed by atoms with Crippen molar-refractivity contribution in [3.05, 3.63) is 72.3 Å². The van der Waals surface area contributed by atoms with Crippen molar-refractivity contribution in [3.63, 3.8) is 0 Å². The van der Waals surface area contributed by atoms with Crippen LogP contribution in [0.2, 0.25) is 0 Å². The molecule has 0 unspecified atom stereocenters. The van der Waals surface area contributed by atoms with Gasteiger partial charge in [0.1, 0.15) is 0 Å². The molecule has 0 radical (unpaired) electrons. The molecule has 0 bridgehead atoms. The average molecular weight is 336 g/mol. The lowest BCUT2D eigenvalue weighted by atomic mass is 10.0. The van der Waals surface area contributed by atoms with Crippen molar-refractivity contribution in [1.29, 1.82) is 0 Å². The molecule has 0 aromatic heterocycles. The predicted molar refractivity (Wildman–Crippen MR) is 97.5 cm³/mol. The molecule has 2 aromatic rings. The molecule has 0 saturated carbocycles. The maximum absolute atomic E-state index is 11.9. The number of esters is 2. The van der Waals surface area contributed by atoms with Gasteiger partial charge in [-0.2, -0.15) is 0 Å². The van der Waals surface area contributed by atoms with E-state index in [1.54, 1.807) is 32.0 Å². The van der Waals surface area contributed by atoms with E-state index in [9.17, 15) is 9.59 Å². The van der Waals surface area contributed by atoms with Gasteiger partial charge in [-0.3, -0.25) is 0 Å². The first-order chi connectivity index (χ1) is 11.8. The largest absolute Gasteiger partial charge is 0.419 e. The third-order valence-electron chi connectivity index (χ3n) is 3.43. The third-order valence-corrected chi connectivity index (χ3v) is 3.43. The summed E-state index contributed by atoms with van der Waals surface area (Å²) in [5.41, 5.74) is 3.43. The van der Waals surface area contributed by atoms with Gasteiger partial charge in [0.15, 0.2) is 11.5 Å². The second kappa shape index (κ2) is 7.62. The fourth-order valence-corrected chi connectivity index (χ4v) is 1.97. The lowest BCUT2D eigenvalue weighted by Crippen LogP contribution is -2.12. The van der Waals surface area contributed by atoms with Crippen LogP contribution in [0.4, 0.5) is 0 Å². The minimum absolute atomic E-state index is 0.151. The lowest BCUT2D eigenvalue weighted by Gasteiger charge is -2.12. The Labute approximate surface area is 147 Å². The molecule has 0 aliphatic carbocycles. The van der Waals surface area contributed by atoms with E-state index in [0.29, 0.717) is 0 Å². The first-order valence-corrected chi connectivity index (χ1v) is 7.74. The Hall–Kier alpha value is -3.14. The maximum atomic E-state index is 11.9. The van der Waals surface area contributed by atoms with Crippen LogP contribution in [-0.2, 0) is 9.59 Å². The number of rotatable bonds is 5. The Balaban J connectivity index is 2.43. The first kappa shape index (κ1) is 18.2. The number of aryl methyl sites for hydroxylation is 1. The summed E-state index contributed by atoms with van der Waals surface area (Å²) in [5.74, 6) is -0.872. The SMILES string of the molecule is C=C(C)C(=O)Oc1ccc(-c2ccc(C)cc2)cc1OC(=O)C(=C)C. The molecule has 128 valence electrons. The van der Waals surface area contributed by atoms with Gasteiger partial charge in [-0.05, 0) is 44.0 Å². The van der Waals surface area contributed by atoms with Crippen LogP contribution in [0.5, 0.6) is 11.5 Å². The maximum Gasteiger partial charge on any atom is 0.338 e. The monoisotopic (exact) mass is 336 g/mol. The van der Waals surface area contributed by atoms with Crippen LogP contribution >= 0.6 is 0 Å². The smallest absolute Gasteiger partial charge is 0.338 e. The highest BCUT2D eigenvalue weighted by Crippen LogP contribution is 2.33. The summed E-state index contributed by atoms with van der Waals surface area (Å²) >= 11 is 0. The average Bonchev–Trinajstić information content (AvgIpc) is 2.56. The Morgan fingerprint density at radius 1 is 0.760 bits per heavy atom. The van der Waals surface area contributed by atoms with Crippen LogP contribution < -0.4 is 9.47 Å². The minimum atomic E-state index is -0.589. The summed E-state index contributed by atoms with van der Waals surface area (Å²) in [6.07, 6.45) is 0. The Morgan fingerprint density at radius 3 is 1.76 bits per heavy atom. The second-order valence-electron chi connectivity index (χ2n) is 5.87. The van der Waals surface area contributed by atoms with Crippen molar-refractivity contribution in [1.82, 2.24) is 0 Å². The van der Waals surface area contributed by atoms with E-state index in [-0.39, 0.29) is 22.6 Å². The normalized spacial score (nSPS) is 10.0. The van der Waals surface area contributed by atoms with Crippen LogP contribution in [0, 0.1) is 6.92 Å². The van der Waals surface area contributed by atoms with Crippen LogP contribution in [0.15, 0.2) is 66.8 Å². The molecule has 0 heterocycles. The van der Waals surface area contributed by atoms with Gasteiger partial charge in [0, 0.05) is 11.1 Å². The van der Waals surface area contributed by atoms with Crippen molar-refractivity contribution in [2.75, 3.05) is 0 Å². The van der Waals surface area contributed by atoms with Gasteiger partial charge in [-0.15, -0.1) is 0 Å². The van der Waals surface area contributed by atoms with Gasteiger partial charge in [0.05, 0.1) is 0 Å². The van der Waals surface area contributed by atoms with Crippen molar-refractivity contribution < 1.29 is 19.1 Å². The quantitative estimate of drug-likeness (QED) is 0.454. The molecule has 4 nitrogen and oxygen atoms in total. The van der Waals surface area contributed by atoms with Crippen LogP contribution in [0.3, 0.4) is 0 Å². The number of carbonyl (C=O) groups excluding carboxylic acids is 2. The number of benzene rings is 2. The molecule has 4 heteroatoms. The molecular formula is C21H20O4. The molecule has 0 saturated heterocycles. The second-order valence-corrected chi connectivity index (χ2v) is 5.87. The van der Waals surface area contributed by atoms with Crippen LogP contribution in [0.1, 0.15) is 19.4 Å². The van der Waals surface area contributed by atoms with Gasteiger partial charge in [0.2, 0.25) is 0 Å². The number of hydrogen-bond donors (Lipinski definition) is 0. The molecule has 0 N–H and O–H groups in total. The number of carbonyl (C=O) groups is 2. The predicted octanol–water partition coefficient (Wildman–Crippen LogP) is 4.63. The van der Waals surface area contributed by atoms with Crippen molar-refractivity contribution in [2.24, 2.45) is 0 Å². The van der Waals surface area contributed by atoms with Gasteiger partial charge < -0.3 is 9.47 Å². The molecular weight excluding hydrogens is 316 g/mol. The summed E-state index contributed by atoms with van der Waals surface area (Å²) in [6, 6.07) is 13.0. The van der Waals surface area contributed by atoms with E-state index in [0.717, 1.165) is 16.7 Å². The minimum Gasteiger partial charge on any atom is -0.419 e. The molecule has 0 fully saturated rings. The molecule has 0 aliphatic heterocycles. The zero-order valence-corrected chi connectivity index (χ0v) is 14.6. The molecule has 2 aromatic carbocycles. The van der Waals surface area contributed by atoms with Gasteiger partial charge >= 0.3 is 11.9 Å². The van der Waals surface area contributed by atoms with E-state index >= 15 is 0 Å². The fourth-order valence-electron chi connectivity index (χ4n) is 1.97. The number of hydrogen-bond acceptors (Lipinski definition) is 4.